The minimum absolute atomic E-state index is 0.190. The van der Waals surface area contributed by atoms with Crippen LogP contribution in [0.3, 0.4) is 0 Å². The summed E-state index contributed by atoms with van der Waals surface area (Å²) in [6.07, 6.45) is 1.97. The van der Waals surface area contributed by atoms with E-state index in [1.54, 1.807) is 25.1 Å². The van der Waals surface area contributed by atoms with Gasteiger partial charge in [-0.2, -0.15) is 0 Å². The Balaban J connectivity index is 2.21. The average Bonchev–Trinajstić information content (AvgIpc) is 3.00. The molecule has 0 amide bonds. The van der Waals surface area contributed by atoms with Crippen molar-refractivity contribution >= 4 is 5.78 Å². The maximum atomic E-state index is 13.3. The first-order valence-electron chi connectivity index (χ1n) is 4.98. The molecular weight excluding hydrogens is 179 g/mol. The van der Waals surface area contributed by atoms with Crippen molar-refractivity contribution in [2.45, 2.75) is 25.7 Å². The summed E-state index contributed by atoms with van der Waals surface area (Å²) in [5.74, 6) is -0.169. The molecule has 0 heterocycles. The average molecular weight is 192 g/mol. The molecule has 0 N–H and O–H groups in total. The highest BCUT2D eigenvalue weighted by molar-refractivity contribution is 5.89. The van der Waals surface area contributed by atoms with E-state index in [2.05, 4.69) is 0 Å². The highest BCUT2D eigenvalue weighted by Gasteiger charge is 2.33. The number of hydrogen-bond acceptors (Lipinski definition) is 1. The largest absolute Gasteiger partial charge is 0.299 e. The van der Waals surface area contributed by atoms with E-state index in [4.69, 9.17) is 0 Å². The molecule has 14 heavy (non-hydrogen) atoms. The number of rotatable bonds is 3. The summed E-state index contributed by atoms with van der Waals surface area (Å²) < 4.78 is 13.3. The van der Waals surface area contributed by atoms with Crippen molar-refractivity contribution in [3.05, 3.63) is 35.6 Å². The smallest absolute Gasteiger partial charge is 0.143 e. The minimum atomic E-state index is -0.288. The van der Waals surface area contributed by atoms with Gasteiger partial charge in [0.05, 0.1) is 0 Å². The Bertz CT molecular complexity index is 355. The van der Waals surface area contributed by atoms with E-state index in [0.717, 1.165) is 12.8 Å². The maximum absolute atomic E-state index is 13.3. The zero-order valence-corrected chi connectivity index (χ0v) is 8.16. The molecule has 1 saturated carbocycles. The Morgan fingerprint density at radius 2 is 2.07 bits per heavy atom. The fourth-order valence-corrected chi connectivity index (χ4v) is 1.70. The Morgan fingerprint density at radius 1 is 1.43 bits per heavy atom. The zero-order chi connectivity index (χ0) is 10.1. The van der Waals surface area contributed by atoms with Crippen LogP contribution >= 0.6 is 0 Å². The molecule has 2 heteroatoms. The molecule has 1 fully saturated rings. The highest BCUT2D eigenvalue weighted by atomic mass is 19.1. The molecule has 0 saturated heterocycles. The lowest BCUT2D eigenvalue weighted by Crippen LogP contribution is -2.12. The van der Waals surface area contributed by atoms with Crippen molar-refractivity contribution in [3.63, 3.8) is 0 Å². The molecule has 1 aliphatic carbocycles. The molecule has 1 atom stereocenters. The molecular formula is C12H13FO. The molecule has 1 aromatic rings. The monoisotopic (exact) mass is 192 g/mol. The molecule has 0 spiro atoms. The topological polar surface area (TPSA) is 17.1 Å². The molecule has 1 unspecified atom stereocenters. The van der Waals surface area contributed by atoms with E-state index < -0.39 is 0 Å². The van der Waals surface area contributed by atoms with Crippen LogP contribution in [-0.2, 0) is 4.79 Å². The highest BCUT2D eigenvalue weighted by Crippen LogP contribution is 2.35. The number of benzene rings is 1. The van der Waals surface area contributed by atoms with Gasteiger partial charge in [-0.05, 0) is 24.5 Å². The number of carbonyl (C=O) groups excluding carboxylic acids is 1. The van der Waals surface area contributed by atoms with Crippen molar-refractivity contribution in [3.8, 4) is 0 Å². The van der Waals surface area contributed by atoms with Gasteiger partial charge < -0.3 is 0 Å². The molecule has 1 aliphatic rings. The summed E-state index contributed by atoms with van der Waals surface area (Å²) in [4.78, 5) is 11.7. The van der Waals surface area contributed by atoms with Gasteiger partial charge in [0.15, 0.2) is 0 Å². The number of ketones is 1. The zero-order valence-electron chi connectivity index (χ0n) is 8.16. The standard InChI is InChI=1S/C12H13FO/c1-8(12(14)9-6-7-9)10-4-2-3-5-11(10)13/h2-5,8-9H,6-7H2,1H3. The van der Waals surface area contributed by atoms with E-state index in [9.17, 15) is 9.18 Å². The Hall–Kier alpha value is -1.18. The van der Waals surface area contributed by atoms with Crippen LogP contribution in [0.2, 0.25) is 0 Å². The Kier molecular flexibility index (Phi) is 2.36. The SMILES string of the molecule is CC(C(=O)C1CC1)c1ccccc1F. The van der Waals surface area contributed by atoms with Crippen LogP contribution < -0.4 is 0 Å². The third kappa shape index (κ3) is 1.69. The third-order valence-corrected chi connectivity index (χ3v) is 2.78. The van der Waals surface area contributed by atoms with E-state index in [0.29, 0.717) is 5.56 Å². The molecule has 2 rings (SSSR count). The first kappa shape index (κ1) is 9.38. The third-order valence-electron chi connectivity index (χ3n) is 2.78. The van der Waals surface area contributed by atoms with Crippen LogP contribution in [-0.4, -0.2) is 5.78 Å². The molecule has 1 aromatic carbocycles. The molecule has 0 aliphatic heterocycles. The molecule has 0 bridgehead atoms. The normalized spacial score (nSPS) is 17.9. The summed E-state index contributed by atoms with van der Waals surface area (Å²) in [5, 5.41) is 0. The van der Waals surface area contributed by atoms with Gasteiger partial charge in [0, 0.05) is 11.8 Å². The molecule has 0 aromatic heterocycles. The fourth-order valence-electron chi connectivity index (χ4n) is 1.70. The van der Waals surface area contributed by atoms with Crippen LogP contribution in [0.5, 0.6) is 0 Å². The minimum Gasteiger partial charge on any atom is -0.299 e. The maximum Gasteiger partial charge on any atom is 0.143 e. The molecule has 1 nitrogen and oxygen atoms in total. The van der Waals surface area contributed by atoms with Gasteiger partial charge in [-0.3, -0.25) is 4.79 Å². The van der Waals surface area contributed by atoms with E-state index in [-0.39, 0.29) is 23.4 Å². The fraction of sp³-hybridized carbons (Fsp3) is 0.417. The second-order valence-corrected chi connectivity index (χ2v) is 3.92. The predicted molar refractivity (Wildman–Crippen MR) is 52.5 cm³/mol. The second kappa shape index (κ2) is 3.52. The quantitative estimate of drug-likeness (QED) is 0.719. The van der Waals surface area contributed by atoms with E-state index >= 15 is 0 Å². The van der Waals surface area contributed by atoms with Crippen molar-refractivity contribution in [1.82, 2.24) is 0 Å². The van der Waals surface area contributed by atoms with Crippen molar-refractivity contribution < 1.29 is 9.18 Å². The molecule has 0 radical (unpaired) electrons. The van der Waals surface area contributed by atoms with Gasteiger partial charge in [-0.15, -0.1) is 0 Å². The number of Topliss-reactive ketones (excluding diaryl/α,β-unsaturated/α-hetero) is 1. The number of halogens is 1. The summed E-state index contributed by atoms with van der Waals surface area (Å²) in [6, 6.07) is 6.52. The first-order valence-corrected chi connectivity index (χ1v) is 4.98. The van der Waals surface area contributed by atoms with E-state index in [1.807, 2.05) is 0 Å². The summed E-state index contributed by atoms with van der Waals surface area (Å²) in [6.45, 7) is 1.79. The van der Waals surface area contributed by atoms with Gasteiger partial charge in [0.1, 0.15) is 11.6 Å². The Labute approximate surface area is 82.9 Å². The van der Waals surface area contributed by atoms with Crippen LogP contribution in [0.1, 0.15) is 31.2 Å². The lowest BCUT2D eigenvalue weighted by Gasteiger charge is -2.10. The number of hydrogen-bond donors (Lipinski definition) is 0. The number of carbonyl (C=O) groups is 1. The summed E-state index contributed by atoms with van der Waals surface area (Å²) in [5.41, 5.74) is 0.532. The summed E-state index contributed by atoms with van der Waals surface area (Å²) >= 11 is 0. The van der Waals surface area contributed by atoms with Gasteiger partial charge in [0.2, 0.25) is 0 Å². The Morgan fingerprint density at radius 3 is 2.64 bits per heavy atom. The second-order valence-electron chi connectivity index (χ2n) is 3.92. The lowest BCUT2D eigenvalue weighted by molar-refractivity contribution is -0.121. The van der Waals surface area contributed by atoms with Gasteiger partial charge in [-0.25, -0.2) is 4.39 Å². The van der Waals surface area contributed by atoms with Gasteiger partial charge in [0.25, 0.3) is 0 Å². The van der Waals surface area contributed by atoms with Gasteiger partial charge >= 0.3 is 0 Å². The van der Waals surface area contributed by atoms with Crippen LogP contribution in [0.4, 0.5) is 4.39 Å². The van der Waals surface area contributed by atoms with Gasteiger partial charge in [-0.1, -0.05) is 25.1 Å². The van der Waals surface area contributed by atoms with Crippen LogP contribution in [0, 0.1) is 11.7 Å². The van der Waals surface area contributed by atoms with Crippen molar-refractivity contribution in [1.29, 1.82) is 0 Å². The van der Waals surface area contributed by atoms with Crippen molar-refractivity contribution in [2.24, 2.45) is 5.92 Å². The van der Waals surface area contributed by atoms with Crippen molar-refractivity contribution in [2.75, 3.05) is 0 Å². The summed E-state index contributed by atoms with van der Waals surface area (Å²) in [7, 11) is 0. The lowest BCUT2D eigenvalue weighted by atomic mass is 9.94. The first-order chi connectivity index (χ1) is 6.70. The van der Waals surface area contributed by atoms with Crippen LogP contribution in [0.25, 0.3) is 0 Å². The van der Waals surface area contributed by atoms with E-state index in [1.165, 1.54) is 6.07 Å². The predicted octanol–water partition coefficient (Wildman–Crippen LogP) is 2.91. The molecule has 74 valence electrons. The van der Waals surface area contributed by atoms with Crippen LogP contribution in [0.15, 0.2) is 24.3 Å².